The normalized spacial score (nSPS) is 11.2. The predicted molar refractivity (Wildman–Crippen MR) is 81.3 cm³/mol. The van der Waals surface area contributed by atoms with E-state index in [4.69, 9.17) is 9.47 Å². The third kappa shape index (κ3) is 3.99. The Morgan fingerprint density at radius 3 is 2.41 bits per heavy atom. The minimum Gasteiger partial charge on any atom is -0.744 e. The van der Waals surface area contributed by atoms with Gasteiger partial charge in [0, 0.05) is 6.42 Å². The summed E-state index contributed by atoms with van der Waals surface area (Å²) in [6.07, 6.45) is 0.316. The van der Waals surface area contributed by atoms with Gasteiger partial charge >= 0.3 is 0 Å². The fourth-order valence-electron chi connectivity index (χ4n) is 2.16. The Bertz CT molecular complexity index is 753. The highest BCUT2D eigenvalue weighted by Crippen LogP contribution is 2.26. The maximum atomic E-state index is 11.3. The van der Waals surface area contributed by atoms with Gasteiger partial charge in [-0.3, -0.25) is 0 Å². The molecular weight excluding hydrogens is 304 g/mol. The maximum Gasteiger partial charge on any atom is 0.161 e. The molecule has 22 heavy (non-hydrogen) atoms. The quantitative estimate of drug-likeness (QED) is 0.764. The number of ether oxygens (including phenoxy) is 2. The van der Waals surface area contributed by atoms with Crippen LogP contribution < -0.4 is 9.47 Å². The third-order valence-electron chi connectivity index (χ3n) is 3.18. The zero-order valence-electron chi connectivity index (χ0n) is 12.4. The van der Waals surface area contributed by atoms with Gasteiger partial charge < -0.3 is 14.0 Å². The van der Waals surface area contributed by atoms with Crippen LogP contribution in [0.2, 0.25) is 0 Å². The summed E-state index contributed by atoms with van der Waals surface area (Å²) in [5, 5.41) is 0. The van der Waals surface area contributed by atoms with Crippen molar-refractivity contribution in [3.8, 4) is 11.5 Å². The highest BCUT2D eigenvalue weighted by atomic mass is 32.2. The molecule has 0 aliphatic heterocycles. The summed E-state index contributed by atoms with van der Waals surface area (Å²) in [7, 11) is -2.94. The van der Waals surface area contributed by atoms with Crippen LogP contribution in [0.15, 0.2) is 47.4 Å². The van der Waals surface area contributed by atoms with E-state index in [1.165, 1.54) is 6.07 Å². The first-order chi connectivity index (χ1) is 10.4. The monoisotopic (exact) mass is 321 g/mol. The second kappa shape index (κ2) is 6.81. The van der Waals surface area contributed by atoms with E-state index in [0.29, 0.717) is 23.5 Å². The van der Waals surface area contributed by atoms with E-state index >= 15 is 0 Å². The molecule has 0 saturated heterocycles. The Hall–Kier alpha value is -2.05. The molecule has 0 unspecified atom stereocenters. The van der Waals surface area contributed by atoms with Crippen LogP contribution in [-0.4, -0.2) is 26.7 Å². The van der Waals surface area contributed by atoms with Crippen molar-refractivity contribution in [2.24, 2.45) is 0 Å². The predicted octanol–water partition coefficient (Wildman–Crippen LogP) is 2.53. The highest BCUT2D eigenvalue weighted by molar-refractivity contribution is 7.85. The van der Waals surface area contributed by atoms with Gasteiger partial charge in [-0.25, -0.2) is 8.42 Å². The van der Waals surface area contributed by atoms with Crippen molar-refractivity contribution >= 4 is 10.1 Å². The number of hydrogen-bond acceptors (Lipinski definition) is 5. The summed E-state index contributed by atoms with van der Waals surface area (Å²) in [6.45, 7) is 2.08. The van der Waals surface area contributed by atoms with E-state index in [1.54, 1.807) is 31.4 Å². The standard InChI is InChI=1S/C16H18O5S/c1-12-7-8-16(22(17,18)19)13(11-12)9-10-21-15-6-4-3-5-14(15)20-2/h3-8,11H,9-10H2,1-2H3,(H,17,18,19)/p-1. The summed E-state index contributed by atoms with van der Waals surface area (Å²) in [6, 6.07) is 11.8. The second-order valence-corrected chi connectivity index (χ2v) is 6.16. The van der Waals surface area contributed by atoms with E-state index in [2.05, 4.69) is 0 Å². The van der Waals surface area contributed by atoms with Crippen molar-refractivity contribution in [3.63, 3.8) is 0 Å². The molecule has 0 aliphatic carbocycles. The maximum absolute atomic E-state index is 11.3. The van der Waals surface area contributed by atoms with Crippen molar-refractivity contribution in [3.05, 3.63) is 53.6 Å². The van der Waals surface area contributed by atoms with Crippen molar-refractivity contribution in [2.45, 2.75) is 18.2 Å². The Morgan fingerprint density at radius 1 is 1.09 bits per heavy atom. The molecule has 5 nitrogen and oxygen atoms in total. The SMILES string of the molecule is COc1ccccc1OCCc1cc(C)ccc1S(=O)(=O)[O-]. The van der Waals surface area contributed by atoms with E-state index in [1.807, 2.05) is 19.1 Å². The number of methoxy groups -OCH3 is 1. The van der Waals surface area contributed by atoms with Crippen LogP contribution in [0.3, 0.4) is 0 Å². The second-order valence-electron chi connectivity index (χ2n) is 4.81. The molecule has 0 bridgehead atoms. The first-order valence-corrected chi connectivity index (χ1v) is 8.14. The molecule has 2 aromatic rings. The summed E-state index contributed by atoms with van der Waals surface area (Å²) in [5.74, 6) is 1.17. The molecular formula is C16H17O5S-. The molecule has 0 radical (unpaired) electrons. The van der Waals surface area contributed by atoms with Gasteiger partial charge in [0.15, 0.2) is 11.5 Å². The van der Waals surface area contributed by atoms with Gasteiger partial charge in [-0.1, -0.05) is 29.8 Å². The first-order valence-electron chi connectivity index (χ1n) is 6.73. The van der Waals surface area contributed by atoms with Crippen LogP contribution in [0.5, 0.6) is 11.5 Å². The van der Waals surface area contributed by atoms with Gasteiger partial charge in [-0.05, 0) is 30.7 Å². The third-order valence-corrected chi connectivity index (χ3v) is 4.12. The van der Waals surface area contributed by atoms with Gasteiger partial charge in [0.05, 0.1) is 18.6 Å². The molecule has 0 atom stereocenters. The van der Waals surface area contributed by atoms with Crippen LogP contribution in [0.25, 0.3) is 0 Å². The number of para-hydroxylation sites is 2. The fourth-order valence-corrected chi connectivity index (χ4v) is 2.87. The molecule has 2 rings (SSSR count). The highest BCUT2D eigenvalue weighted by Gasteiger charge is 2.10. The Kier molecular flexibility index (Phi) is 5.05. The minimum absolute atomic E-state index is 0.193. The molecule has 0 amide bonds. The lowest BCUT2D eigenvalue weighted by molar-refractivity contribution is 0.297. The van der Waals surface area contributed by atoms with Gasteiger partial charge in [0.2, 0.25) is 0 Å². The van der Waals surface area contributed by atoms with Gasteiger partial charge in [0.1, 0.15) is 10.1 Å². The van der Waals surface area contributed by atoms with Crippen LogP contribution in [0.1, 0.15) is 11.1 Å². The molecule has 6 heteroatoms. The molecule has 0 N–H and O–H groups in total. The lowest BCUT2D eigenvalue weighted by Gasteiger charge is -2.15. The molecule has 2 aromatic carbocycles. The van der Waals surface area contributed by atoms with Gasteiger partial charge in [0.25, 0.3) is 0 Å². The van der Waals surface area contributed by atoms with E-state index in [0.717, 1.165) is 5.56 Å². The topological polar surface area (TPSA) is 75.7 Å². The largest absolute Gasteiger partial charge is 0.744 e. The molecule has 0 aliphatic rings. The molecule has 0 aromatic heterocycles. The fraction of sp³-hybridized carbons (Fsp3) is 0.250. The molecule has 0 saturated carbocycles. The number of benzene rings is 2. The molecule has 118 valence electrons. The summed E-state index contributed by atoms with van der Waals surface area (Å²) in [4.78, 5) is -0.193. The van der Waals surface area contributed by atoms with Crippen molar-refractivity contribution in [2.75, 3.05) is 13.7 Å². The molecule has 0 heterocycles. The van der Waals surface area contributed by atoms with Crippen LogP contribution >= 0.6 is 0 Å². The van der Waals surface area contributed by atoms with Crippen molar-refractivity contribution < 1.29 is 22.4 Å². The van der Waals surface area contributed by atoms with E-state index in [9.17, 15) is 13.0 Å². The zero-order valence-corrected chi connectivity index (χ0v) is 13.2. The summed E-state index contributed by atoms with van der Waals surface area (Å²) in [5.41, 5.74) is 1.35. The average Bonchev–Trinajstić information content (AvgIpc) is 2.46. The Labute approximate surface area is 130 Å². The lowest BCUT2D eigenvalue weighted by Crippen LogP contribution is -2.08. The zero-order chi connectivity index (χ0) is 16.2. The van der Waals surface area contributed by atoms with Crippen molar-refractivity contribution in [1.82, 2.24) is 0 Å². The summed E-state index contributed by atoms with van der Waals surface area (Å²) < 4.78 is 44.6. The molecule has 0 spiro atoms. The van der Waals surface area contributed by atoms with E-state index in [-0.39, 0.29) is 11.5 Å². The van der Waals surface area contributed by atoms with Gasteiger partial charge in [-0.2, -0.15) is 0 Å². The molecule has 0 fully saturated rings. The van der Waals surface area contributed by atoms with Crippen LogP contribution in [-0.2, 0) is 16.5 Å². The smallest absolute Gasteiger partial charge is 0.161 e. The van der Waals surface area contributed by atoms with E-state index < -0.39 is 10.1 Å². The number of rotatable bonds is 6. The van der Waals surface area contributed by atoms with Crippen LogP contribution in [0.4, 0.5) is 0 Å². The van der Waals surface area contributed by atoms with Gasteiger partial charge in [-0.15, -0.1) is 0 Å². The first kappa shape index (κ1) is 16.3. The van der Waals surface area contributed by atoms with Crippen molar-refractivity contribution in [1.29, 1.82) is 0 Å². The average molecular weight is 321 g/mol. The Balaban J connectivity index is 2.14. The lowest BCUT2D eigenvalue weighted by atomic mass is 10.1. The summed E-state index contributed by atoms with van der Waals surface area (Å²) >= 11 is 0. The minimum atomic E-state index is -4.49. The number of aryl methyl sites for hydroxylation is 1. The van der Waals surface area contributed by atoms with Crippen LogP contribution in [0, 0.1) is 6.92 Å². The number of hydrogen-bond donors (Lipinski definition) is 0. The Morgan fingerprint density at radius 2 is 1.77 bits per heavy atom.